The number of hydrogen-bond donors (Lipinski definition) is 2. The summed E-state index contributed by atoms with van der Waals surface area (Å²) in [4.78, 5) is 11.4. The number of pyridine rings is 1. The zero-order valence-corrected chi connectivity index (χ0v) is 21.5. The number of hydrogen-bond acceptors (Lipinski definition) is 5. The van der Waals surface area contributed by atoms with E-state index in [0.29, 0.717) is 25.7 Å². The van der Waals surface area contributed by atoms with Crippen molar-refractivity contribution in [3.8, 4) is 5.75 Å². The van der Waals surface area contributed by atoms with E-state index >= 15 is 0 Å². The van der Waals surface area contributed by atoms with Crippen LogP contribution in [0.2, 0.25) is 0 Å². The molecule has 176 valence electrons. The molecule has 1 aliphatic rings. The number of guanidine groups is 1. The number of methoxy groups -OCH3 is 1. The highest BCUT2D eigenvalue weighted by Crippen LogP contribution is 2.19. The first kappa shape index (κ1) is 26.2. The van der Waals surface area contributed by atoms with Crippen LogP contribution < -0.4 is 20.3 Å². The molecule has 0 unspecified atom stereocenters. The van der Waals surface area contributed by atoms with Crippen LogP contribution in [0.5, 0.6) is 5.75 Å². The number of ether oxygens (including phenoxy) is 2. The lowest BCUT2D eigenvalue weighted by atomic mass is 10.2. The minimum atomic E-state index is 0. The number of aromatic nitrogens is 1. The minimum Gasteiger partial charge on any atom is -0.493 e. The Morgan fingerprint density at radius 2 is 1.91 bits per heavy atom. The maximum Gasteiger partial charge on any atom is 0.195 e. The maximum atomic E-state index is 5.78. The number of nitrogens with zero attached hydrogens (tertiary/aromatic N) is 3. The number of aliphatic imine (C=N–C) groups is 1. The molecule has 0 bridgehead atoms. The third-order valence-electron chi connectivity index (χ3n) is 5.28. The highest BCUT2D eigenvalue weighted by molar-refractivity contribution is 14.0. The molecule has 3 rings (SSSR count). The Morgan fingerprint density at radius 3 is 2.66 bits per heavy atom. The van der Waals surface area contributed by atoms with Gasteiger partial charge in [0.1, 0.15) is 11.6 Å². The van der Waals surface area contributed by atoms with Crippen molar-refractivity contribution in [3.05, 3.63) is 48.2 Å². The van der Waals surface area contributed by atoms with Crippen molar-refractivity contribution in [2.45, 2.75) is 38.6 Å². The molecule has 7 nitrogen and oxygen atoms in total. The fourth-order valence-electron chi connectivity index (χ4n) is 3.60. The van der Waals surface area contributed by atoms with Crippen molar-refractivity contribution in [2.75, 3.05) is 50.7 Å². The summed E-state index contributed by atoms with van der Waals surface area (Å²) in [5.41, 5.74) is 2.12. The SMILES string of the molecule is CN=C(NCc1ccnc(N2CCCCCC2)c1)Nc1cccc(OCCCOC)c1.I. The highest BCUT2D eigenvalue weighted by Gasteiger charge is 2.11. The van der Waals surface area contributed by atoms with E-state index < -0.39 is 0 Å². The second-order valence-corrected chi connectivity index (χ2v) is 7.70. The predicted molar refractivity (Wildman–Crippen MR) is 143 cm³/mol. The second kappa shape index (κ2) is 14.9. The first-order valence-electron chi connectivity index (χ1n) is 11.2. The van der Waals surface area contributed by atoms with Crippen molar-refractivity contribution in [3.63, 3.8) is 0 Å². The van der Waals surface area contributed by atoms with Gasteiger partial charge in [-0.25, -0.2) is 4.98 Å². The Kier molecular flexibility index (Phi) is 12.2. The van der Waals surface area contributed by atoms with Gasteiger partial charge in [0.05, 0.1) is 6.61 Å². The van der Waals surface area contributed by atoms with E-state index in [1.165, 1.54) is 31.2 Å². The van der Waals surface area contributed by atoms with Crippen LogP contribution in [-0.2, 0) is 11.3 Å². The fourth-order valence-corrected chi connectivity index (χ4v) is 3.60. The van der Waals surface area contributed by atoms with Crippen LogP contribution in [0.1, 0.15) is 37.7 Å². The first-order chi connectivity index (χ1) is 15.3. The van der Waals surface area contributed by atoms with Crippen molar-refractivity contribution < 1.29 is 9.47 Å². The molecule has 32 heavy (non-hydrogen) atoms. The smallest absolute Gasteiger partial charge is 0.195 e. The molecular formula is C24H36IN5O2. The lowest BCUT2D eigenvalue weighted by Crippen LogP contribution is -2.30. The standard InChI is InChI=1S/C24H35N5O2.HI/c1-25-24(28-21-9-7-10-22(18-21)31-16-8-15-30-2)27-19-20-11-12-26-23(17-20)29-13-5-3-4-6-14-29;/h7,9-12,17-18H,3-6,8,13-16,19H2,1-2H3,(H2,25,27,28);1H. The fraction of sp³-hybridized carbons (Fsp3) is 0.500. The van der Waals surface area contributed by atoms with Crippen LogP contribution in [0.4, 0.5) is 11.5 Å². The molecule has 0 radical (unpaired) electrons. The Hall–Kier alpha value is -2.07. The van der Waals surface area contributed by atoms with E-state index in [0.717, 1.165) is 36.8 Å². The predicted octanol–water partition coefficient (Wildman–Crippen LogP) is 4.68. The van der Waals surface area contributed by atoms with Gasteiger partial charge in [-0.3, -0.25) is 4.99 Å². The van der Waals surface area contributed by atoms with E-state index in [-0.39, 0.29) is 24.0 Å². The average Bonchev–Trinajstić information content (AvgIpc) is 3.10. The number of rotatable bonds is 9. The van der Waals surface area contributed by atoms with E-state index in [4.69, 9.17) is 9.47 Å². The number of halogens is 1. The Bertz CT molecular complexity index is 826. The Morgan fingerprint density at radius 1 is 1.09 bits per heavy atom. The normalized spacial score (nSPS) is 14.3. The zero-order chi connectivity index (χ0) is 21.7. The van der Waals surface area contributed by atoms with Crippen LogP contribution in [-0.4, -0.2) is 51.4 Å². The summed E-state index contributed by atoms with van der Waals surface area (Å²) in [7, 11) is 3.47. The van der Waals surface area contributed by atoms with Gasteiger partial charge >= 0.3 is 0 Å². The molecule has 8 heteroatoms. The molecule has 0 saturated carbocycles. The third-order valence-corrected chi connectivity index (χ3v) is 5.28. The monoisotopic (exact) mass is 553 g/mol. The van der Waals surface area contributed by atoms with Crippen molar-refractivity contribution in [2.24, 2.45) is 4.99 Å². The number of nitrogens with one attached hydrogen (secondary N) is 2. The minimum absolute atomic E-state index is 0. The van der Waals surface area contributed by atoms with Gasteiger partial charge in [0.15, 0.2) is 5.96 Å². The van der Waals surface area contributed by atoms with Crippen LogP contribution in [0.15, 0.2) is 47.6 Å². The van der Waals surface area contributed by atoms with Gasteiger partial charge in [0, 0.05) is 64.8 Å². The highest BCUT2D eigenvalue weighted by atomic mass is 127. The van der Waals surface area contributed by atoms with E-state index in [2.05, 4.69) is 37.6 Å². The van der Waals surface area contributed by atoms with Gasteiger partial charge in [-0.1, -0.05) is 18.9 Å². The quantitative estimate of drug-likeness (QED) is 0.203. The third kappa shape index (κ3) is 8.82. The molecule has 0 aliphatic carbocycles. The molecule has 2 N–H and O–H groups in total. The van der Waals surface area contributed by atoms with Crippen molar-refractivity contribution in [1.29, 1.82) is 0 Å². The molecule has 1 aliphatic heterocycles. The van der Waals surface area contributed by atoms with Gasteiger partial charge in [-0.05, 0) is 42.7 Å². The van der Waals surface area contributed by atoms with Crippen LogP contribution in [0.25, 0.3) is 0 Å². The molecule has 1 aromatic heterocycles. The molecule has 1 saturated heterocycles. The zero-order valence-electron chi connectivity index (χ0n) is 19.2. The summed E-state index contributed by atoms with van der Waals surface area (Å²) in [5, 5.41) is 6.73. The van der Waals surface area contributed by atoms with Gasteiger partial charge in [0.25, 0.3) is 0 Å². The molecule has 2 aromatic rings. The molecule has 2 heterocycles. The summed E-state index contributed by atoms with van der Waals surface area (Å²) in [6.07, 6.45) is 7.89. The van der Waals surface area contributed by atoms with Crippen LogP contribution in [0.3, 0.4) is 0 Å². The van der Waals surface area contributed by atoms with Gasteiger partial charge in [0.2, 0.25) is 0 Å². The van der Waals surface area contributed by atoms with Gasteiger partial charge in [-0.15, -0.1) is 24.0 Å². The molecule has 1 fully saturated rings. The molecule has 1 aromatic carbocycles. The van der Waals surface area contributed by atoms with E-state index in [1.54, 1.807) is 14.2 Å². The molecular weight excluding hydrogens is 517 g/mol. The molecule has 0 atom stereocenters. The molecule has 0 amide bonds. The maximum absolute atomic E-state index is 5.78. The molecule has 0 spiro atoms. The summed E-state index contributed by atoms with van der Waals surface area (Å²) in [6.45, 7) is 4.19. The summed E-state index contributed by atoms with van der Waals surface area (Å²) in [6, 6.07) is 12.1. The van der Waals surface area contributed by atoms with E-state index in [9.17, 15) is 0 Å². The van der Waals surface area contributed by atoms with Gasteiger partial charge < -0.3 is 25.0 Å². The first-order valence-corrected chi connectivity index (χ1v) is 11.2. The topological polar surface area (TPSA) is 71.0 Å². The van der Waals surface area contributed by atoms with Crippen LogP contribution in [0, 0.1) is 0 Å². The van der Waals surface area contributed by atoms with Crippen molar-refractivity contribution >= 4 is 41.4 Å². The number of benzene rings is 1. The average molecular weight is 553 g/mol. The lowest BCUT2D eigenvalue weighted by molar-refractivity contribution is 0.172. The van der Waals surface area contributed by atoms with Crippen molar-refractivity contribution in [1.82, 2.24) is 10.3 Å². The largest absolute Gasteiger partial charge is 0.493 e. The Balaban J connectivity index is 0.00000363. The summed E-state index contributed by atoms with van der Waals surface area (Å²) >= 11 is 0. The summed E-state index contributed by atoms with van der Waals surface area (Å²) in [5.74, 6) is 2.61. The Labute approximate surface area is 209 Å². The van der Waals surface area contributed by atoms with E-state index in [1.807, 2.05) is 30.5 Å². The van der Waals surface area contributed by atoms with Gasteiger partial charge in [-0.2, -0.15) is 0 Å². The lowest BCUT2D eigenvalue weighted by Gasteiger charge is -2.22. The number of anilines is 2. The van der Waals surface area contributed by atoms with Crippen LogP contribution >= 0.6 is 24.0 Å². The summed E-state index contributed by atoms with van der Waals surface area (Å²) < 4.78 is 10.8. The second-order valence-electron chi connectivity index (χ2n) is 7.70.